The highest BCUT2D eigenvalue weighted by Crippen LogP contribution is 2.44. The summed E-state index contributed by atoms with van der Waals surface area (Å²) in [5, 5.41) is 9.53. The summed E-state index contributed by atoms with van der Waals surface area (Å²) < 4.78 is 0. The van der Waals surface area contributed by atoms with E-state index in [1.165, 1.54) is 32.1 Å². The van der Waals surface area contributed by atoms with E-state index in [0.717, 1.165) is 37.1 Å². The number of hydrogen-bond acceptors (Lipinski definition) is 2. The molecule has 140 valence electrons. The van der Waals surface area contributed by atoms with Crippen LogP contribution in [0, 0.1) is 12.3 Å². The molecular weight excluding hydrogens is 326 g/mol. The zero-order valence-corrected chi connectivity index (χ0v) is 15.7. The van der Waals surface area contributed by atoms with Gasteiger partial charge in [0.15, 0.2) is 0 Å². The lowest BCUT2D eigenvalue weighted by Crippen LogP contribution is -2.44. The number of nitrogens with zero attached hydrogens (tertiary/aromatic N) is 1. The predicted molar refractivity (Wildman–Crippen MR) is 103 cm³/mol. The number of aliphatic carboxylic acids is 1. The van der Waals surface area contributed by atoms with Gasteiger partial charge >= 0.3 is 5.97 Å². The molecule has 4 nitrogen and oxygen atoms in total. The van der Waals surface area contributed by atoms with Gasteiger partial charge in [0, 0.05) is 18.7 Å². The van der Waals surface area contributed by atoms with Gasteiger partial charge in [0.1, 0.15) is 0 Å². The number of rotatable bonds is 4. The second-order valence-corrected chi connectivity index (χ2v) is 7.95. The Morgan fingerprint density at radius 2 is 1.73 bits per heavy atom. The fourth-order valence-corrected chi connectivity index (χ4v) is 4.43. The van der Waals surface area contributed by atoms with Gasteiger partial charge in [-0.1, -0.05) is 43.5 Å². The third-order valence-electron chi connectivity index (χ3n) is 6.23. The van der Waals surface area contributed by atoms with Gasteiger partial charge in [-0.3, -0.25) is 4.79 Å². The molecule has 2 aliphatic rings. The molecule has 3 rings (SSSR count). The third kappa shape index (κ3) is 4.35. The third-order valence-corrected chi connectivity index (χ3v) is 6.23. The van der Waals surface area contributed by atoms with Crippen molar-refractivity contribution in [2.45, 2.75) is 58.3 Å². The first-order valence-corrected chi connectivity index (χ1v) is 9.76. The minimum Gasteiger partial charge on any atom is -0.478 e. The van der Waals surface area contributed by atoms with Crippen LogP contribution in [0.15, 0.2) is 29.8 Å². The lowest BCUT2D eigenvalue weighted by Gasteiger charge is -2.44. The number of benzene rings is 1. The molecule has 1 aromatic carbocycles. The summed E-state index contributed by atoms with van der Waals surface area (Å²) in [6.07, 6.45) is 10.3. The Bertz CT molecular complexity index is 691. The molecule has 0 unspecified atom stereocenters. The second-order valence-electron chi connectivity index (χ2n) is 7.95. The van der Waals surface area contributed by atoms with Gasteiger partial charge < -0.3 is 10.0 Å². The van der Waals surface area contributed by atoms with Crippen molar-refractivity contribution in [2.24, 2.45) is 5.41 Å². The number of carboxylic acids is 1. The zero-order chi connectivity index (χ0) is 18.6. The maximum absolute atomic E-state index is 12.7. The van der Waals surface area contributed by atoms with Crippen LogP contribution >= 0.6 is 0 Å². The Morgan fingerprint density at radius 3 is 2.35 bits per heavy atom. The summed E-state index contributed by atoms with van der Waals surface area (Å²) in [5.41, 5.74) is 2.48. The molecule has 26 heavy (non-hydrogen) atoms. The van der Waals surface area contributed by atoms with Crippen LogP contribution in [0.5, 0.6) is 0 Å². The summed E-state index contributed by atoms with van der Waals surface area (Å²) >= 11 is 0. The molecular formula is C22H29NO3. The molecule has 2 fully saturated rings. The molecule has 1 saturated carbocycles. The fourth-order valence-electron chi connectivity index (χ4n) is 4.43. The Labute approximate surface area is 155 Å². The molecule has 1 N–H and O–H groups in total. The maximum Gasteiger partial charge on any atom is 0.332 e. The minimum atomic E-state index is -1.01. The van der Waals surface area contributed by atoms with Crippen molar-refractivity contribution < 1.29 is 14.7 Å². The summed E-state index contributed by atoms with van der Waals surface area (Å²) in [5.74, 6) is -1.07. The van der Waals surface area contributed by atoms with Gasteiger partial charge in [-0.2, -0.15) is 0 Å². The van der Waals surface area contributed by atoms with E-state index >= 15 is 0 Å². The van der Waals surface area contributed by atoms with Crippen LogP contribution < -0.4 is 0 Å². The zero-order valence-electron chi connectivity index (χ0n) is 15.7. The van der Waals surface area contributed by atoms with Gasteiger partial charge in [-0.25, -0.2) is 4.79 Å². The van der Waals surface area contributed by atoms with E-state index in [1.807, 2.05) is 36.1 Å². The van der Waals surface area contributed by atoms with E-state index in [0.29, 0.717) is 5.41 Å². The van der Waals surface area contributed by atoms with E-state index < -0.39 is 5.97 Å². The molecule has 1 aliphatic carbocycles. The Hall–Kier alpha value is -2.10. The van der Waals surface area contributed by atoms with Crippen molar-refractivity contribution in [3.8, 4) is 0 Å². The number of amides is 1. The molecule has 0 radical (unpaired) electrons. The topological polar surface area (TPSA) is 57.6 Å². The van der Waals surface area contributed by atoms with Crippen LogP contribution in [0.25, 0.3) is 6.08 Å². The fraction of sp³-hybridized carbons (Fsp3) is 0.545. The lowest BCUT2D eigenvalue weighted by atomic mass is 9.68. The van der Waals surface area contributed by atoms with Crippen LogP contribution in [0.1, 0.15) is 62.5 Å². The molecule has 1 heterocycles. The van der Waals surface area contributed by atoms with Gasteiger partial charge in [0.2, 0.25) is 5.91 Å². The molecule has 1 aliphatic heterocycles. The van der Waals surface area contributed by atoms with E-state index in [4.69, 9.17) is 0 Å². The average molecular weight is 355 g/mol. The number of carboxylic acid groups (broad SMARTS) is 1. The van der Waals surface area contributed by atoms with Crippen LogP contribution in [0.3, 0.4) is 0 Å². The predicted octanol–water partition coefficient (Wildman–Crippen LogP) is 4.43. The summed E-state index contributed by atoms with van der Waals surface area (Å²) in [6.45, 7) is 3.49. The van der Waals surface area contributed by atoms with Gasteiger partial charge in [-0.05, 0) is 55.2 Å². The number of aryl methyl sites for hydroxylation is 1. The van der Waals surface area contributed by atoms with E-state index in [2.05, 4.69) is 0 Å². The monoisotopic (exact) mass is 355 g/mol. The number of piperidine rings is 1. The van der Waals surface area contributed by atoms with Crippen molar-refractivity contribution in [2.75, 3.05) is 13.1 Å². The summed E-state index contributed by atoms with van der Waals surface area (Å²) in [4.78, 5) is 26.2. The minimum absolute atomic E-state index is 0.0311. The van der Waals surface area contributed by atoms with Gasteiger partial charge in [-0.15, -0.1) is 0 Å². The van der Waals surface area contributed by atoms with Gasteiger partial charge in [0.05, 0.1) is 6.42 Å². The number of carbonyl (C=O) groups is 2. The lowest BCUT2D eigenvalue weighted by molar-refractivity contribution is -0.137. The average Bonchev–Trinajstić information content (AvgIpc) is 2.64. The van der Waals surface area contributed by atoms with Crippen molar-refractivity contribution >= 4 is 18.0 Å². The SMILES string of the molecule is Cc1ccccc1/C=C(\CC(=O)N1CCC2(CCCCC2)CC1)C(=O)O. The summed E-state index contributed by atoms with van der Waals surface area (Å²) in [7, 11) is 0. The first-order valence-electron chi connectivity index (χ1n) is 9.76. The molecule has 4 heteroatoms. The second kappa shape index (κ2) is 8.07. The smallest absolute Gasteiger partial charge is 0.332 e. The Balaban J connectivity index is 1.64. The molecule has 1 spiro atoms. The molecule has 1 saturated heterocycles. The Morgan fingerprint density at radius 1 is 1.08 bits per heavy atom. The quantitative estimate of drug-likeness (QED) is 0.813. The van der Waals surface area contributed by atoms with Gasteiger partial charge in [0.25, 0.3) is 0 Å². The van der Waals surface area contributed by atoms with Crippen LogP contribution in [0.2, 0.25) is 0 Å². The van der Waals surface area contributed by atoms with E-state index in [-0.39, 0.29) is 17.9 Å². The highest BCUT2D eigenvalue weighted by molar-refractivity contribution is 5.98. The largest absolute Gasteiger partial charge is 0.478 e. The normalized spacial score (nSPS) is 20.2. The summed E-state index contributed by atoms with van der Waals surface area (Å²) in [6, 6.07) is 7.64. The van der Waals surface area contributed by atoms with Crippen LogP contribution in [-0.2, 0) is 9.59 Å². The first-order chi connectivity index (χ1) is 12.5. The van der Waals surface area contributed by atoms with Crippen molar-refractivity contribution in [3.05, 3.63) is 41.0 Å². The maximum atomic E-state index is 12.7. The molecule has 0 aromatic heterocycles. The number of likely N-dealkylation sites (tertiary alicyclic amines) is 1. The van der Waals surface area contributed by atoms with Crippen LogP contribution in [0.4, 0.5) is 0 Å². The Kier molecular flexibility index (Phi) is 5.80. The first kappa shape index (κ1) is 18.7. The number of hydrogen-bond donors (Lipinski definition) is 1. The molecule has 0 atom stereocenters. The molecule has 1 aromatic rings. The molecule has 0 bridgehead atoms. The highest BCUT2D eigenvalue weighted by Gasteiger charge is 2.36. The van der Waals surface area contributed by atoms with Crippen LogP contribution in [-0.4, -0.2) is 35.0 Å². The highest BCUT2D eigenvalue weighted by atomic mass is 16.4. The van der Waals surface area contributed by atoms with Crippen molar-refractivity contribution in [1.29, 1.82) is 0 Å². The van der Waals surface area contributed by atoms with E-state index in [9.17, 15) is 14.7 Å². The molecule has 1 amide bonds. The standard InChI is InChI=1S/C22H29NO3/c1-17-7-3-4-8-18(17)15-19(21(25)26)16-20(24)23-13-11-22(12-14-23)9-5-2-6-10-22/h3-4,7-8,15H,2,5-6,9-14,16H2,1H3,(H,25,26)/b19-15+. The number of carbonyl (C=O) groups excluding carboxylic acids is 1. The van der Waals surface area contributed by atoms with Crippen molar-refractivity contribution in [3.63, 3.8) is 0 Å². The van der Waals surface area contributed by atoms with Crippen molar-refractivity contribution in [1.82, 2.24) is 4.90 Å². The van der Waals surface area contributed by atoms with E-state index in [1.54, 1.807) is 6.08 Å².